The first kappa shape index (κ1) is 14.8. The van der Waals surface area contributed by atoms with Crippen LogP contribution in [0.25, 0.3) is 5.69 Å². The van der Waals surface area contributed by atoms with Gasteiger partial charge in [0.1, 0.15) is 11.5 Å². The van der Waals surface area contributed by atoms with Gasteiger partial charge in [0.15, 0.2) is 0 Å². The SMILES string of the molecule is Fc1ccccc1-n1cc(CN2CCC(C3CCOC3)C2)nn1. The Bertz CT molecular complexity index is 668. The van der Waals surface area contributed by atoms with Crippen LogP contribution in [0.5, 0.6) is 0 Å². The number of hydrogen-bond donors (Lipinski definition) is 0. The summed E-state index contributed by atoms with van der Waals surface area (Å²) in [6.45, 7) is 4.80. The first-order chi connectivity index (χ1) is 11.3. The van der Waals surface area contributed by atoms with Crippen LogP contribution >= 0.6 is 0 Å². The molecule has 23 heavy (non-hydrogen) atoms. The zero-order valence-electron chi connectivity index (χ0n) is 13.1. The lowest BCUT2D eigenvalue weighted by molar-refractivity contribution is 0.171. The molecule has 2 saturated heterocycles. The molecule has 5 nitrogen and oxygen atoms in total. The molecule has 0 aliphatic carbocycles. The standard InChI is InChI=1S/C17H21FN4O/c18-16-3-1-2-4-17(16)22-11-15(19-20-22)10-21-7-5-13(9-21)14-6-8-23-12-14/h1-4,11,13-14H,5-10,12H2. The van der Waals surface area contributed by atoms with Gasteiger partial charge in [-0.2, -0.15) is 0 Å². The molecule has 4 rings (SSSR count). The number of aromatic nitrogens is 3. The van der Waals surface area contributed by atoms with Crippen molar-refractivity contribution in [3.63, 3.8) is 0 Å². The Morgan fingerprint density at radius 2 is 2.13 bits per heavy atom. The van der Waals surface area contributed by atoms with Gasteiger partial charge in [-0.1, -0.05) is 17.3 Å². The van der Waals surface area contributed by atoms with E-state index in [1.165, 1.54) is 23.6 Å². The van der Waals surface area contributed by atoms with Gasteiger partial charge in [-0.25, -0.2) is 9.07 Å². The zero-order chi connectivity index (χ0) is 15.6. The van der Waals surface area contributed by atoms with Crippen LogP contribution in [0.4, 0.5) is 4.39 Å². The van der Waals surface area contributed by atoms with E-state index in [9.17, 15) is 4.39 Å². The Balaban J connectivity index is 1.40. The van der Waals surface area contributed by atoms with Gasteiger partial charge >= 0.3 is 0 Å². The van der Waals surface area contributed by atoms with Crippen LogP contribution in [0.2, 0.25) is 0 Å². The molecular formula is C17H21FN4O. The second kappa shape index (κ2) is 6.37. The Hall–Kier alpha value is -1.79. The molecule has 1 aromatic carbocycles. The third-order valence-corrected chi connectivity index (χ3v) is 4.97. The van der Waals surface area contributed by atoms with Gasteiger partial charge in [-0.15, -0.1) is 5.10 Å². The summed E-state index contributed by atoms with van der Waals surface area (Å²) in [4.78, 5) is 2.42. The number of hydrogen-bond acceptors (Lipinski definition) is 4. The lowest BCUT2D eigenvalue weighted by atomic mass is 9.91. The molecule has 2 aromatic rings. The predicted molar refractivity (Wildman–Crippen MR) is 83.6 cm³/mol. The van der Waals surface area contributed by atoms with E-state index < -0.39 is 0 Å². The van der Waals surface area contributed by atoms with Crippen molar-refractivity contribution >= 4 is 0 Å². The average Bonchev–Trinajstić information content (AvgIpc) is 3.29. The van der Waals surface area contributed by atoms with Crippen molar-refractivity contribution < 1.29 is 9.13 Å². The fourth-order valence-corrected chi connectivity index (χ4v) is 3.67. The molecule has 2 aliphatic rings. The third kappa shape index (κ3) is 3.14. The minimum absolute atomic E-state index is 0.286. The maximum Gasteiger partial charge on any atom is 0.148 e. The molecule has 0 N–H and O–H groups in total. The molecule has 0 saturated carbocycles. The van der Waals surface area contributed by atoms with E-state index in [0.717, 1.165) is 44.5 Å². The Labute approximate surface area is 135 Å². The van der Waals surface area contributed by atoms with Gasteiger partial charge in [0.05, 0.1) is 11.9 Å². The molecule has 6 heteroatoms. The van der Waals surface area contributed by atoms with Crippen LogP contribution in [0.15, 0.2) is 30.5 Å². The first-order valence-corrected chi connectivity index (χ1v) is 8.26. The smallest absolute Gasteiger partial charge is 0.148 e. The number of rotatable bonds is 4. The molecule has 2 atom stereocenters. The van der Waals surface area contributed by atoms with Crippen LogP contribution < -0.4 is 0 Å². The molecule has 3 heterocycles. The van der Waals surface area contributed by atoms with E-state index in [2.05, 4.69) is 15.2 Å². The number of ether oxygens (including phenoxy) is 1. The fraction of sp³-hybridized carbons (Fsp3) is 0.529. The quantitative estimate of drug-likeness (QED) is 0.868. The monoisotopic (exact) mass is 316 g/mol. The largest absolute Gasteiger partial charge is 0.381 e. The zero-order valence-corrected chi connectivity index (χ0v) is 13.1. The molecule has 2 fully saturated rings. The highest BCUT2D eigenvalue weighted by Crippen LogP contribution is 2.30. The van der Waals surface area contributed by atoms with Crippen LogP contribution in [-0.4, -0.2) is 46.2 Å². The van der Waals surface area contributed by atoms with Crippen molar-refractivity contribution in [3.05, 3.63) is 42.0 Å². The molecule has 122 valence electrons. The molecular weight excluding hydrogens is 295 g/mol. The Morgan fingerprint density at radius 1 is 1.22 bits per heavy atom. The van der Waals surface area contributed by atoms with Crippen molar-refractivity contribution in [1.29, 1.82) is 0 Å². The molecule has 1 aromatic heterocycles. The third-order valence-electron chi connectivity index (χ3n) is 4.97. The number of benzene rings is 1. The number of halogens is 1. The lowest BCUT2D eigenvalue weighted by Gasteiger charge is -2.17. The van der Waals surface area contributed by atoms with Crippen molar-refractivity contribution in [1.82, 2.24) is 19.9 Å². The topological polar surface area (TPSA) is 43.2 Å². The summed E-state index contributed by atoms with van der Waals surface area (Å²) < 4.78 is 20.8. The van der Waals surface area contributed by atoms with Gasteiger partial charge in [0.25, 0.3) is 0 Å². The summed E-state index contributed by atoms with van der Waals surface area (Å²) in [7, 11) is 0. The molecule has 2 aliphatic heterocycles. The summed E-state index contributed by atoms with van der Waals surface area (Å²) in [6, 6.07) is 6.62. The molecule has 2 unspecified atom stereocenters. The van der Waals surface area contributed by atoms with Gasteiger partial charge in [-0.3, -0.25) is 4.90 Å². The van der Waals surface area contributed by atoms with Gasteiger partial charge in [0.2, 0.25) is 0 Å². The fourth-order valence-electron chi connectivity index (χ4n) is 3.67. The van der Waals surface area contributed by atoms with Gasteiger partial charge in [0, 0.05) is 26.3 Å². The minimum atomic E-state index is -0.286. The van der Waals surface area contributed by atoms with Gasteiger partial charge in [-0.05, 0) is 43.4 Å². The van der Waals surface area contributed by atoms with Crippen LogP contribution in [-0.2, 0) is 11.3 Å². The summed E-state index contributed by atoms with van der Waals surface area (Å²) in [5.74, 6) is 1.17. The summed E-state index contributed by atoms with van der Waals surface area (Å²) >= 11 is 0. The molecule has 0 spiro atoms. The number of para-hydroxylation sites is 1. The van der Waals surface area contributed by atoms with Crippen molar-refractivity contribution in [3.8, 4) is 5.69 Å². The van der Waals surface area contributed by atoms with Crippen LogP contribution in [0.3, 0.4) is 0 Å². The summed E-state index contributed by atoms with van der Waals surface area (Å²) in [5, 5.41) is 8.27. The highest BCUT2D eigenvalue weighted by molar-refractivity contribution is 5.32. The van der Waals surface area contributed by atoms with E-state index in [1.54, 1.807) is 18.2 Å². The van der Waals surface area contributed by atoms with Crippen LogP contribution in [0.1, 0.15) is 18.5 Å². The highest BCUT2D eigenvalue weighted by Gasteiger charge is 2.31. The molecule has 0 radical (unpaired) electrons. The van der Waals surface area contributed by atoms with E-state index in [0.29, 0.717) is 11.6 Å². The Morgan fingerprint density at radius 3 is 2.96 bits per heavy atom. The van der Waals surface area contributed by atoms with Gasteiger partial charge < -0.3 is 4.74 Å². The molecule has 0 amide bonds. The van der Waals surface area contributed by atoms with E-state index in [-0.39, 0.29) is 5.82 Å². The maximum absolute atomic E-state index is 13.8. The van der Waals surface area contributed by atoms with Crippen molar-refractivity contribution in [2.75, 3.05) is 26.3 Å². The number of nitrogens with zero attached hydrogens (tertiary/aromatic N) is 4. The van der Waals surface area contributed by atoms with E-state index in [1.807, 2.05) is 6.20 Å². The summed E-state index contributed by atoms with van der Waals surface area (Å²) in [5.41, 5.74) is 1.32. The average molecular weight is 316 g/mol. The highest BCUT2D eigenvalue weighted by atomic mass is 19.1. The second-order valence-electron chi connectivity index (χ2n) is 6.51. The summed E-state index contributed by atoms with van der Waals surface area (Å²) in [6.07, 6.45) is 4.25. The van der Waals surface area contributed by atoms with Crippen LogP contribution in [0, 0.1) is 17.7 Å². The maximum atomic E-state index is 13.8. The predicted octanol–water partition coefficient (Wildman–Crippen LogP) is 2.26. The lowest BCUT2D eigenvalue weighted by Crippen LogP contribution is -2.23. The van der Waals surface area contributed by atoms with Crippen molar-refractivity contribution in [2.45, 2.75) is 19.4 Å². The number of likely N-dealkylation sites (tertiary alicyclic amines) is 1. The Kier molecular flexibility index (Phi) is 4.10. The van der Waals surface area contributed by atoms with Crippen molar-refractivity contribution in [2.24, 2.45) is 11.8 Å². The van der Waals surface area contributed by atoms with E-state index >= 15 is 0 Å². The second-order valence-corrected chi connectivity index (χ2v) is 6.51. The van der Waals surface area contributed by atoms with E-state index in [4.69, 9.17) is 4.74 Å². The normalized spacial score (nSPS) is 25.3. The first-order valence-electron chi connectivity index (χ1n) is 8.26. The molecule has 0 bridgehead atoms. The minimum Gasteiger partial charge on any atom is -0.381 e.